The molecule has 0 atom stereocenters. The van der Waals surface area contributed by atoms with Gasteiger partial charge < -0.3 is 14.9 Å². The normalized spacial score (nSPS) is 15.3. The van der Waals surface area contributed by atoms with E-state index in [1.54, 1.807) is 17.0 Å². The van der Waals surface area contributed by atoms with Gasteiger partial charge in [0.2, 0.25) is 0 Å². The number of halogens is 3. The highest BCUT2D eigenvalue weighted by molar-refractivity contribution is 5.87. The van der Waals surface area contributed by atoms with Crippen molar-refractivity contribution >= 4 is 17.6 Å². The fourth-order valence-corrected chi connectivity index (χ4v) is 2.62. The van der Waals surface area contributed by atoms with Crippen molar-refractivity contribution in [3.05, 3.63) is 47.8 Å². The predicted octanol–water partition coefficient (Wildman–Crippen LogP) is 2.52. The Bertz CT molecular complexity index is 757. The standard InChI is InChI=1S/C16H15F3N4O2/c17-16(18,19)12-2-1-3-14(21-12)23-8-6-22(7-9-23)13-5-4-11(10-20-13)15(24)25/h1-5,10H,6-9H2,(H,24,25). The van der Waals surface area contributed by atoms with E-state index >= 15 is 0 Å². The molecule has 0 unspecified atom stereocenters. The summed E-state index contributed by atoms with van der Waals surface area (Å²) in [4.78, 5) is 22.4. The van der Waals surface area contributed by atoms with Crippen LogP contribution in [-0.4, -0.2) is 47.2 Å². The SMILES string of the molecule is O=C(O)c1ccc(N2CCN(c3cccc(C(F)(F)F)n3)CC2)nc1. The van der Waals surface area contributed by atoms with Gasteiger partial charge in [0.1, 0.15) is 17.3 Å². The Balaban J connectivity index is 1.67. The van der Waals surface area contributed by atoms with Crippen LogP contribution in [0.1, 0.15) is 16.1 Å². The third-order valence-corrected chi connectivity index (χ3v) is 3.95. The van der Waals surface area contributed by atoms with E-state index in [4.69, 9.17) is 5.11 Å². The number of piperazine rings is 1. The minimum Gasteiger partial charge on any atom is -0.478 e. The zero-order valence-electron chi connectivity index (χ0n) is 13.1. The molecular weight excluding hydrogens is 337 g/mol. The smallest absolute Gasteiger partial charge is 0.433 e. The summed E-state index contributed by atoms with van der Waals surface area (Å²) in [5.41, 5.74) is -0.797. The second kappa shape index (κ2) is 6.58. The largest absolute Gasteiger partial charge is 0.478 e. The van der Waals surface area contributed by atoms with E-state index in [1.165, 1.54) is 18.3 Å². The first-order valence-corrected chi connectivity index (χ1v) is 7.58. The van der Waals surface area contributed by atoms with Crippen molar-refractivity contribution in [2.24, 2.45) is 0 Å². The molecule has 0 aliphatic carbocycles. The van der Waals surface area contributed by atoms with Crippen LogP contribution in [0.25, 0.3) is 0 Å². The highest BCUT2D eigenvalue weighted by Crippen LogP contribution is 2.29. The molecule has 2 aromatic rings. The predicted molar refractivity (Wildman–Crippen MR) is 84.9 cm³/mol. The number of anilines is 2. The lowest BCUT2D eigenvalue weighted by Gasteiger charge is -2.36. The van der Waals surface area contributed by atoms with E-state index in [2.05, 4.69) is 9.97 Å². The van der Waals surface area contributed by atoms with Gasteiger partial charge in [-0.25, -0.2) is 14.8 Å². The van der Waals surface area contributed by atoms with E-state index in [-0.39, 0.29) is 5.56 Å². The molecule has 1 fully saturated rings. The van der Waals surface area contributed by atoms with E-state index in [0.29, 0.717) is 37.8 Å². The number of carbonyl (C=O) groups is 1. The molecule has 0 saturated carbocycles. The second-order valence-corrected chi connectivity index (χ2v) is 5.56. The van der Waals surface area contributed by atoms with Crippen molar-refractivity contribution < 1.29 is 23.1 Å². The van der Waals surface area contributed by atoms with Crippen LogP contribution in [0.2, 0.25) is 0 Å². The first kappa shape index (κ1) is 17.0. The van der Waals surface area contributed by atoms with Gasteiger partial charge >= 0.3 is 12.1 Å². The number of carboxylic acid groups (broad SMARTS) is 1. The maximum atomic E-state index is 12.8. The molecule has 1 aliphatic rings. The van der Waals surface area contributed by atoms with E-state index < -0.39 is 17.8 Å². The number of rotatable bonds is 3. The van der Waals surface area contributed by atoms with Crippen molar-refractivity contribution in [3.8, 4) is 0 Å². The number of aromatic carboxylic acids is 1. The average Bonchev–Trinajstić information content (AvgIpc) is 2.61. The summed E-state index contributed by atoms with van der Waals surface area (Å²) < 4.78 is 38.3. The van der Waals surface area contributed by atoms with Crippen molar-refractivity contribution in [1.29, 1.82) is 0 Å². The molecular formula is C16H15F3N4O2. The zero-order chi connectivity index (χ0) is 18.0. The van der Waals surface area contributed by atoms with Crippen molar-refractivity contribution in [2.45, 2.75) is 6.18 Å². The number of nitrogens with zero attached hydrogens (tertiary/aromatic N) is 4. The van der Waals surface area contributed by atoms with E-state index in [9.17, 15) is 18.0 Å². The number of aromatic nitrogens is 2. The summed E-state index contributed by atoms with van der Waals surface area (Å²) in [6.45, 7) is 2.10. The lowest BCUT2D eigenvalue weighted by Crippen LogP contribution is -2.47. The third-order valence-electron chi connectivity index (χ3n) is 3.95. The summed E-state index contributed by atoms with van der Waals surface area (Å²) in [5, 5.41) is 8.88. The lowest BCUT2D eigenvalue weighted by atomic mass is 10.2. The maximum absolute atomic E-state index is 12.8. The minimum atomic E-state index is -4.46. The molecule has 6 nitrogen and oxygen atoms in total. The monoisotopic (exact) mass is 352 g/mol. The highest BCUT2D eigenvalue weighted by atomic mass is 19.4. The molecule has 3 rings (SSSR count). The topological polar surface area (TPSA) is 69.6 Å². The van der Waals surface area contributed by atoms with Gasteiger partial charge in [-0.1, -0.05) is 6.07 Å². The van der Waals surface area contributed by atoms with Gasteiger partial charge in [0.15, 0.2) is 0 Å². The second-order valence-electron chi connectivity index (χ2n) is 5.56. The summed E-state index contributed by atoms with van der Waals surface area (Å²) >= 11 is 0. The first-order valence-electron chi connectivity index (χ1n) is 7.58. The summed E-state index contributed by atoms with van der Waals surface area (Å²) in [6.07, 6.45) is -3.17. The quantitative estimate of drug-likeness (QED) is 0.915. The summed E-state index contributed by atoms with van der Waals surface area (Å²) in [7, 11) is 0. The molecule has 25 heavy (non-hydrogen) atoms. The molecule has 0 aromatic carbocycles. The fourth-order valence-electron chi connectivity index (χ4n) is 2.62. The molecule has 0 amide bonds. The highest BCUT2D eigenvalue weighted by Gasteiger charge is 2.33. The minimum absolute atomic E-state index is 0.107. The molecule has 1 N–H and O–H groups in total. The molecule has 1 saturated heterocycles. The molecule has 132 valence electrons. The number of carboxylic acids is 1. The number of pyridine rings is 2. The van der Waals surface area contributed by atoms with Gasteiger partial charge in [0.05, 0.1) is 5.56 Å². The van der Waals surface area contributed by atoms with E-state index in [1.807, 2.05) is 4.90 Å². The Labute approximate surface area is 141 Å². The van der Waals surface area contributed by atoms with Crippen LogP contribution in [0.15, 0.2) is 36.5 Å². The molecule has 2 aromatic heterocycles. The molecule has 9 heteroatoms. The van der Waals surface area contributed by atoms with Gasteiger partial charge in [-0.05, 0) is 24.3 Å². The fraction of sp³-hybridized carbons (Fsp3) is 0.312. The van der Waals surface area contributed by atoms with Crippen molar-refractivity contribution in [2.75, 3.05) is 36.0 Å². The van der Waals surface area contributed by atoms with Gasteiger partial charge in [0.25, 0.3) is 0 Å². The van der Waals surface area contributed by atoms with Gasteiger partial charge in [-0.2, -0.15) is 13.2 Å². The van der Waals surface area contributed by atoms with Crippen LogP contribution < -0.4 is 9.80 Å². The maximum Gasteiger partial charge on any atom is 0.433 e. The molecule has 0 spiro atoms. The molecule has 0 radical (unpaired) electrons. The summed E-state index contributed by atoms with van der Waals surface area (Å²) in [6, 6.07) is 6.97. The Kier molecular flexibility index (Phi) is 4.47. The van der Waals surface area contributed by atoms with Gasteiger partial charge in [0, 0.05) is 32.4 Å². The van der Waals surface area contributed by atoms with Crippen LogP contribution in [0, 0.1) is 0 Å². The number of hydrogen-bond acceptors (Lipinski definition) is 5. The van der Waals surface area contributed by atoms with Crippen LogP contribution in [-0.2, 0) is 6.18 Å². The molecule has 3 heterocycles. The van der Waals surface area contributed by atoms with Gasteiger partial charge in [-0.3, -0.25) is 0 Å². The number of alkyl halides is 3. The average molecular weight is 352 g/mol. The van der Waals surface area contributed by atoms with Crippen molar-refractivity contribution in [1.82, 2.24) is 9.97 Å². The number of hydrogen-bond donors (Lipinski definition) is 1. The molecule has 1 aliphatic heterocycles. The van der Waals surface area contributed by atoms with Gasteiger partial charge in [-0.15, -0.1) is 0 Å². The third kappa shape index (κ3) is 3.81. The van der Waals surface area contributed by atoms with Crippen molar-refractivity contribution in [3.63, 3.8) is 0 Å². The van der Waals surface area contributed by atoms with E-state index in [0.717, 1.165) is 6.07 Å². The Morgan fingerprint density at radius 2 is 1.64 bits per heavy atom. The first-order chi connectivity index (χ1) is 11.8. The van der Waals surface area contributed by atoms with Crippen LogP contribution in [0.5, 0.6) is 0 Å². The summed E-state index contributed by atoms with van der Waals surface area (Å²) in [5.74, 6) is -0.107. The van der Waals surface area contributed by atoms with Crippen LogP contribution in [0.4, 0.5) is 24.8 Å². The molecule has 0 bridgehead atoms. The Morgan fingerprint density at radius 3 is 2.16 bits per heavy atom. The Morgan fingerprint density at radius 1 is 1.00 bits per heavy atom. The van der Waals surface area contributed by atoms with Crippen LogP contribution >= 0.6 is 0 Å². The Hall–Kier alpha value is -2.84. The zero-order valence-corrected chi connectivity index (χ0v) is 13.1. The van der Waals surface area contributed by atoms with Crippen LogP contribution in [0.3, 0.4) is 0 Å². The lowest BCUT2D eigenvalue weighted by molar-refractivity contribution is -0.141.